The first kappa shape index (κ1) is 12.3. The van der Waals surface area contributed by atoms with Gasteiger partial charge in [0.1, 0.15) is 0 Å². The zero-order valence-electron chi connectivity index (χ0n) is 10.6. The second-order valence-corrected chi connectivity index (χ2v) is 5.77. The molecule has 2 aromatic heterocycles. The second kappa shape index (κ2) is 5.47. The Labute approximate surface area is 106 Å². The molecule has 0 aliphatic heterocycles. The highest BCUT2D eigenvalue weighted by atomic mass is 32.1. The van der Waals surface area contributed by atoms with Gasteiger partial charge in [-0.2, -0.15) is 5.10 Å². The van der Waals surface area contributed by atoms with Crippen molar-refractivity contribution in [3.63, 3.8) is 0 Å². The van der Waals surface area contributed by atoms with Crippen LogP contribution in [0.4, 0.5) is 0 Å². The molecule has 4 heteroatoms. The van der Waals surface area contributed by atoms with Crippen LogP contribution in [0.1, 0.15) is 28.3 Å². The van der Waals surface area contributed by atoms with Crippen molar-refractivity contribution in [1.82, 2.24) is 15.1 Å². The highest BCUT2D eigenvalue weighted by Crippen LogP contribution is 2.25. The molecule has 0 bridgehead atoms. The van der Waals surface area contributed by atoms with Crippen LogP contribution in [0, 0.1) is 13.8 Å². The Kier molecular flexibility index (Phi) is 3.97. The number of aryl methyl sites for hydroxylation is 2. The largest absolute Gasteiger partial charge is 0.308 e. The maximum Gasteiger partial charge on any atom is 0.0534 e. The average molecular weight is 249 g/mol. The molecule has 2 heterocycles. The van der Waals surface area contributed by atoms with Crippen LogP contribution in [-0.4, -0.2) is 16.3 Å². The average Bonchev–Trinajstić information content (AvgIpc) is 2.88. The molecule has 0 saturated heterocycles. The van der Waals surface area contributed by atoms with Crippen LogP contribution in [0.5, 0.6) is 0 Å². The molecule has 0 aliphatic carbocycles. The van der Waals surface area contributed by atoms with E-state index in [-0.39, 0.29) is 0 Å². The van der Waals surface area contributed by atoms with E-state index < -0.39 is 0 Å². The summed E-state index contributed by atoms with van der Waals surface area (Å²) in [6.07, 6.45) is 3.81. The van der Waals surface area contributed by atoms with Gasteiger partial charge in [0.15, 0.2) is 0 Å². The molecule has 0 saturated carbocycles. The molecular weight excluding hydrogens is 230 g/mol. The number of aromatic nitrogens is 2. The molecule has 1 unspecified atom stereocenters. The van der Waals surface area contributed by atoms with Gasteiger partial charge in [-0.15, -0.1) is 11.3 Å². The van der Waals surface area contributed by atoms with Gasteiger partial charge in [-0.3, -0.25) is 4.68 Å². The highest BCUT2D eigenvalue weighted by Gasteiger charge is 2.10. The Bertz CT molecular complexity index is 459. The van der Waals surface area contributed by atoms with E-state index in [9.17, 15) is 0 Å². The number of rotatable bonds is 5. The maximum absolute atomic E-state index is 4.19. The minimum Gasteiger partial charge on any atom is -0.308 e. The van der Waals surface area contributed by atoms with Crippen LogP contribution in [0.15, 0.2) is 24.5 Å². The third kappa shape index (κ3) is 3.17. The summed E-state index contributed by atoms with van der Waals surface area (Å²) in [5, 5.41) is 7.72. The van der Waals surface area contributed by atoms with Crippen LogP contribution in [0.2, 0.25) is 0 Å². The predicted octanol–water partition coefficient (Wildman–Crippen LogP) is 2.91. The van der Waals surface area contributed by atoms with Gasteiger partial charge in [0, 0.05) is 34.7 Å². The first-order valence-electron chi connectivity index (χ1n) is 5.94. The lowest BCUT2D eigenvalue weighted by molar-refractivity contribution is 0.507. The van der Waals surface area contributed by atoms with E-state index in [2.05, 4.69) is 37.3 Å². The molecule has 92 valence electrons. The fourth-order valence-electron chi connectivity index (χ4n) is 2.02. The number of thiophene rings is 1. The lowest BCUT2D eigenvalue weighted by Crippen LogP contribution is -2.23. The zero-order valence-corrected chi connectivity index (χ0v) is 11.4. The van der Waals surface area contributed by atoms with E-state index in [0.29, 0.717) is 6.04 Å². The van der Waals surface area contributed by atoms with Gasteiger partial charge in [0.25, 0.3) is 0 Å². The monoisotopic (exact) mass is 249 g/mol. The third-order valence-electron chi connectivity index (χ3n) is 2.90. The molecule has 0 aliphatic rings. The Hall–Kier alpha value is -1.13. The molecule has 3 nitrogen and oxygen atoms in total. The molecule has 17 heavy (non-hydrogen) atoms. The third-order valence-corrected chi connectivity index (χ3v) is 3.88. The summed E-state index contributed by atoms with van der Waals surface area (Å²) in [5.74, 6) is 0. The minimum absolute atomic E-state index is 0.413. The van der Waals surface area contributed by atoms with Crippen LogP contribution >= 0.6 is 11.3 Å². The second-order valence-electron chi connectivity index (χ2n) is 4.31. The Morgan fingerprint density at radius 1 is 1.47 bits per heavy atom. The van der Waals surface area contributed by atoms with E-state index in [1.807, 2.05) is 34.5 Å². The molecule has 1 N–H and O–H groups in total. The lowest BCUT2D eigenvalue weighted by Gasteiger charge is -2.13. The molecule has 1 atom stereocenters. The van der Waals surface area contributed by atoms with E-state index in [1.54, 1.807) is 0 Å². The van der Waals surface area contributed by atoms with Crippen LogP contribution < -0.4 is 5.32 Å². The van der Waals surface area contributed by atoms with Crippen molar-refractivity contribution < 1.29 is 0 Å². The molecule has 0 amide bonds. The van der Waals surface area contributed by atoms with Gasteiger partial charge in [-0.1, -0.05) is 0 Å². The first-order chi connectivity index (χ1) is 8.16. The standard InChI is InChI=1S/C13H19N3S/c1-10-9-13(12(3)17-10)11(2)14-6-8-16-7-4-5-15-16/h4-5,7,9,11,14H,6,8H2,1-3H3. The molecular formula is C13H19N3S. The first-order valence-corrected chi connectivity index (χ1v) is 6.76. The summed E-state index contributed by atoms with van der Waals surface area (Å²) < 4.78 is 1.95. The van der Waals surface area contributed by atoms with Gasteiger partial charge < -0.3 is 5.32 Å². The van der Waals surface area contributed by atoms with Crippen LogP contribution in [-0.2, 0) is 6.54 Å². The van der Waals surface area contributed by atoms with Crippen molar-refractivity contribution in [3.8, 4) is 0 Å². The Balaban J connectivity index is 1.85. The molecule has 0 fully saturated rings. The fourth-order valence-corrected chi connectivity index (χ4v) is 3.04. The Morgan fingerprint density at radius 2 is 2.29 bits per heavy atom. The fraction of sp³-hybridized carbons (Fsp3) is 0.462. The van der Waals surface area contributed by atoms with Gasteiger partial charge in [0.05, 0.1) is 6.54 Å². The van der Waals surface area contributed by atoms with Crippen molar-refractivity contribution in [2.24, 2.45) is 0 Å². The smallest absolute Gasteiger partial charge is 0.0534 e. The maximum atomic E-state index is 4.19. The number of hydrogen-bond donors (Lipinski definition) is 1. The number of hydrogen-bond acceptors (Lipinski definition) is 3. The molecule has 2 aromatic rings. The van der Waals surface area contributed by atoms with E-state index in [4.69, 9.17) is 0 Å². The van der Waals surface area contributed by atoms with Crippen LogP contribution in [0.25, 0.3) is 0 Å². The zero-order chi connectivity index (χ0) is 12.3. The van der Waals surface area contributed by atoms with Crippen LogP contribution in [0.3, 0.4) is 0 Å². The van der Waals surface area contributed by atoms with Crippen molar-refractivity contribution in [2.75, 3.05) is 6.54 Å². The quantitative estimate of drug-likeness (QED) is 0.883. The lowest BCUT2D eigenvalue weighted by atomic mass is 10.1. The van der Waals surface area contributed by atoms with E-state index in [1.165, 1.54) is 15.3 Å². The topological polar surface area (TPSA) is 29.9 Å². The van der Waals surface area contributed by atoms with Gasteiger partial charge in [-0.25, -0.2) is 0 Å². The summed E-state index contributed by atoms with van der Waals surface area (Å²) in [4.78, 5) is 2.81. The van der Waals surface area contributed by atoms with Crippen molar-refractivity contribution >= 4 is 11.3 Å². The molecule has 0 radical (unpaired) electrons. The minimum atomic E-state index is 0.413. The molecule has 0 aromatic carbocycles. The van der Waals surface area contributed by atoms with Gasteiger partial charge >= 0.3 is 0 Å². The Morgan fingerprint density at radius 3 is 2.88 bits per heavy atom. The summed E-state index contributed by atoms with van der Waals surface area (Å²) >= 11 is 1.87. The molecule has 0 spiro atoms. The van der Waals surface area contributed by atoms with Crippen molar-refractivity contribution in [3.05, 3.63) is 39.8 Å². The SMILES string of the molecule is Cc1cc(C(C)NCCn2cccn2)c(C)s1. The summed E-state index contributed by atoms with van der Waals surface area (Å²) in [5.41, 5.74) is 1.42. The summed E-state index contributed by atoms with van der Waals surface area (Å²) in [7, 11) is 0. The highest BCUT2D eigenvalue weighted by molar-refractivity contribution is 7.12. The number of nitrogens with one attached hydrogen (secondary N) is 1. The molecule has 2 rings (SSSR count). The van der Waals surface area contributed by atoms with Gasteiger partial charge in [0.2, 0.25) is 0 Å². The van der Waals surface area contributed by atoms with E-state index >= 15 is 0 Å². The number of nitrogens with zero attached hydrogens (tertiary/aromatic N) is 2. The van der Waals surface area contributed by atoms with Gasteiger partial charge in [-0.05, 0) is 38.5 Å². The summed E-state index contributed by atoms with van der Waals surface area (Å²) in [6, 6.07) is 4.65. The van der Waals surface area contributed by atoms with Crippen molar-refractivity contribution in [1.29, 1.82) is 0 Å². The van der Waals surface area contributed by atoms with Crippen molar-refractivity contribution in [2.45, 2.75) is 33.4 Å². The normalized spacial score (nSPS) is 12.9. The van der Waals surface area contributed by atoms with E-state index in [0.717, 1.165) is 13.1 Å². The predicted molar refractivity (Wildman–Crippen MR) is 72.4 cm³/mol. The summed E-state index contributed by atoms with van der Waals surface area (Å²) in [6.45, 7) is 8.44.